The average molecular weight is 292 g/mol. The fourth-order valence-corrected chi connectivity index (χ4v) is 2.41. The lowest BCUT2D eigenvalue weighted by molar-refractivity contribution is 0.0690. The van der Waals surface area contributed by atoms with E-state index in [0.717, 1.165) is 24.2 Å². The van der Waals surface area contributed by atoms with Crippen LogP contribution in [0.15, 0.2) is 66.7 Å². The molecule has 0 spiro atoms. The van der Waals surface area contributed by atoms with Crippen molar-refractivity contribution >= 4 is 5.97 Å². The van der Waals surface area contributed by atoms with Crippen molar-refractivity contribution in [3.05, 3.63) is 83.7 Å². The van der Waals surface area contributed by atoms with Gasteiger partial charge in [-0.05, 0) is 36.6 Å². The van der Waals surface area contributed by atoms with Gasteiger partial charge in [-0.2, -0.15) is 5.10 Å². The molecule has 0 aliphatic heterocycles. The molecule has 1 N–H and O–H groups in total. The van der Waals surface area contributed by atoms with Gasteiger partial charge in [0.15, 0.2) is 5.69 Å². The van der Waals surface area contributed by atoms with E-state index in [9.17, 15) is 9.90 Å². The van der Waals surface area contributed by atoms with Crippen LogP contribution >= 0.6 is 0 Å². The minimum atomic E-state index is -1.00. The summed E-state index contributed by atoms with van der Waals surface area (Å²) in [6.07, 6.45) is 1.58. The zero-order chi connectivity index (χ0) is 15.4. The first-order chi connectivity index (χ1) is 10.7. The van der Waals surface area contributed by atoms with Crippen LogP contribution < -0.4 is 0 Å². The van der Waals surface area contributed by atoms with Crippen LogP contribution in [0.25, 0.3) is 5.69 Å². The maximum Gasteiger partial charge on any atom is 0.356 e. The van der Waals surface area contributed by atoms with Crippen molar-refractivity contribution in [3.63, 3.8) is 0 Å². The van der Waals surface area contributed by atoms with E-state index in [2.05, 4.69) is 17.2 Å². The minimum absolute atomic E-state index is 0.0758. The number of carbonyl (C=O) groups is 1. The van der Waals surface area contributed by atoms with Gasteiger partial charge in [0.2, 0.25) is 0 Å². The van der Waals surface area contributed by atoms with Crippen molar-refractivity contribution in [2.24, 2.45) is 0 Å². The third-order valence-corrected chi connectivity index (χ3v) is 3.52. The Bertz CT molecular complexity index is 764. The van der Waals surface area contributed by atoms with Crippen molar-refractivity contribution < 1.29 is 9.90 Å². The van der Waals surface area contributed by atoms with Crippen LogP contribution in [0.5, 0.6) is 0 Å². The summed E-state index contributed by atoms with van der Waals surface area (Å²) >= 11 is 0. The zero-order valence-electron chi connectivity index (χ0n) is 12.0. The molecule has 0 amide bonds. The second kappa shape index (κ2) is 6.26. The van der Waals surface area contributed by atoms with E-state index in [1.807, 2.05) is 48.5 Å². The monoisotopic (exact) mass is 292 g/mol. The first kappa shape index (κ1) is 14.1. The van der Waals surface area contributed by atoms with Crippen LogP contribution in [-0.4, -0.2) is 20.9 Å². The molecule has 110 valence electrons. The van der Waals surface area contributed by atoms with Crippen LogP contribution in [0, 0.1) is 0 Å². The molecule has 0 aliphatic rings. The van der Waals surface area contributed by atoms with Gasteiger partial charge < -0.3 is 5.11 Å². The molecule has 0 radical (unpaired) electrons. The number of hydrogen-bond acceptors (Lipinski definition) is 2. The number of carboxylic acids is 1. The fraction of sp³-hybridized carbons (Fsp3) is 0.111. The van der Waals surface area contributed by atoms with Gasteiger partial charge in [-0.25, -0.2) is 9.48 Å². The summed E-state index contributed by atoms with van der Waals surface area (Å²) in [5.74, 6) is -1.00. The van der Waals surface area contributed by atoms with E-state index in [1.54, 1.807) is 10.7 Å². The molecule has 0 fully saturated rings. The highest BCUT2D eigenvalue weighted by molar-refractivity contribution is 5.85. The molecule has 1 heterocycles. The number of nitrogens with zero attached hydrogens (tertiary/aromatic N) is 2. The molecule has 3 aromatic rings. The summed E-state index contributed by atoms with van der Waals surface area (Å²) in [6, 6.07) is 21.4. The Morgan fingerprint density at radius 2 is 1.59 bits per heavy atom. The summed E-state index contributed by atoms with van der Waals surface area (Å²) in [7, 11) is 0. The van der Waals surface area contributed by atoms with Gasteiger partial charge in [-0.15, -0.1) is 0 Å². The molecule has 0 saturated heterocycles. The molecule has 0 atom stereocenters. The predicted octanol–water partition coefficient (Wildman–Crippen LogP) is 3.36. The third kappa shape index (κ3) is 3.06. The van der Waals surface area contributed by atoms with Crippen molar-refractivity contribution in [2.45, 2.75) is 12.8 Å². The molecule has 0 saturated carbocycles. The summed E-state index contributed by atoms with van der Waals surface area (Å²) in [4.78, 5) is 11.2. The normalized spacial score (nSPS) is 10.5. The highest BCUT2D eigenvalue weighted by atomic mass is 16.4. The van der Waals surface area contributed by atoms with E-state index in [1.165, 1.54) is 5.56 Å². The number of hydrogen-bond donors (Lipinski definition) is 1. The molecule has 4 nitrogen and oxygen atoms in total. The lowest BCUT2D eigenvalue weighted by Gasteiger charge is -2.07. The smallest absolute Gasteiger partial charge is 0.356 e. The number of carboxylic acid groups (broad SMARTS) is 1. The van der Waals surface area contributed by atoms with Crippen LogP contribution in [-0.2, 0) is 12.8 Å². The van der Waals surface area contributed by atoms with E-state index >= 15 is 0 Å². The number of aryl methyl sites for hydroxylation is 2. The summed E-state index contributed by atoms with van der Waals surface area (Å²) in [6.45, 7) is 0. The van der Waals surface area contributed by atoms with Crippen molar-refractivity contribution in [1.82, 2.24) is 9.78 Å². The summed E-state index contributed by atoms with van der Waals surface area (Å²) < 4.78 is 1.71. The van der Waals surface area contributed by atoms with E-state index in [-0.39, 0.29) is 5.69 Å². The highest BCUT2D eigenvalue weighted by Crippen LogP contribution is 2.15. The first-order valence-electron chi connectivity index (χ1n) is 7.15. The van der Waals surface area contributed by atoms with Gasteiger partial charge in [-0.3, -0.25) is 0 Å². The molecular formula is C18H16N2O2. The average Bonchev–Trinajstić information content (AvgIpc) is 2.99. The Morgan fingerprint density at radius 3 is 2.23 bits per heavy atom. The van der Waals surface area contributed by atoms with E-state index in [0.29, 0.717) is 0 Å². The summed E-state index contributed by atoms with van der Waals surface area (Å²) in [5.41, 5.74) is 3.07. The third-order valence-electron chi connectivity index (χ3n) is 3.52. The van der Waals surface area contributed by atoms with Crippen molar-refractivity contribution in [2.75, 3.05) is 0 Å². The molecule has 1 aromatic heterocycles. The standard InChI is InChI=1S/C18H16N2O2/c21-18(22)17-13-16(12-11-14-7-3-1-4-8-14)20(19-17)15-9-5-2-6-10-15/h1-10,13H,11-12H2,(H,21,22). The first-order valence-corrected chi connectivity index (χ1v) is 7.15. The molecule has 0 aliphatic carbocycles. The molecule has 0 unspecified atom stereocenters. The summed E-state index contributed by atoms with van der Waals surface area (Å²) in [5, 5.41) is 13.4. The number of para-hydroxylation sites is 1. The SMILES string of the molecule is O=C(O)c1cc(CCc2ccccc2)n(-c2ccccc2)n1. The quantitative estimate of drug-likeness (QED) is 0.784. The molecule has 3 rings (SSSR count). The van der Waals surface area contributed by atoms with Gasteiger partial charge in [-0.1, -0.05) is 48.5 Å². The van der Waals surface area contributed by atoms with Gasteiger partial charge in [0, 0.05) is 5.69 Å². The van der Waals surface area contributed by atoms with Crippen molar-refractivity contribution in [1.29, 1.82) is 0 Å². The Labute approximate surface area is 128 Å². The van der Waals surface area contributed by atoms with Crippen LogP contribution in [0.1, 0.15) is 21.7 Å². The van der Waals surface area contributed by atoms with E-state index in [4.69, 9.17) is 0 Å². The molecule has 22 heavy (non-hydrogen) atoms. The van der Waals surface area contributed by atoms with Gasteiger partial charge >= 0.3 is 5.97 Å². The van der Waals surface area contributed by atoms with E-state index < -0.39 is 5.97 Å². The lowest BCUT2D eigenvalue weighted by Crippen LogP contribution is -2.04. The number of aromatic carboxylic acids is 1. The maximum atomic E-state index is 11.2. The van der Waals surface area contributed by atoms with Gasteiger partial charge in [0.1, 0.15) is 0 Å². The van der Waals surface area contributed by atoms with Crippen LogP contribution in [0.2, 0.25) is 0 Å². The Balaban J connectivity index is 1.90. The van der Waals surface area contributed by atoms with Crippen molar-refractivity contribution in [3.8, 4) is 5.69 Å². The van der Waals surface area contributed by atoms with Gasteiger partial charge in [0.25, 0.3) is 0 Å². The molecule has 4 heteroatoms. The van der Waals surface area contributed by atoms with Crippen LogP contribution in [0.4, 0.5) is 0 Å². The minimum Gasteiger partial charge on any atom is -0.476 e. The number of rotatable bonds is 5. The Morgan fingerprint density at radius 1 is 0.955 bits per heavy atom. The number of aromatic nitrogens is 2. The lowest BCUT2D eigenvalue weighted by atomic mass is 10.1. The largest absolute Gasteiger partial charge is 0.476 e. The maximum absolute atomic E-state index is 11.2. The molecular weight excluding hydrogens is 276 g/mol. The van der Waals surface area contributed by atoms with Crippen LogP contribution in [0.3, 0.4) is 0 Å². The zero-order valence-corrected chi connectivity index (χ0v) is 12.0. The predicted molar refractivity (Wildman–Crippen MR) is 84.4 cm³/mol. The fourth-order valence-electron chi connectivity index (χ4n) is 2.41. The Kier molecular flexibility index (Phi) is 4.01. The van der Waals surface area contributed by atoms with Gasteiger partial charge in [0.05, 0.1) is 5.69 Å². The second-order valence-electron chi connectivity index (χ2n) is 5.06. The highest BCUT2D eigenvalue weighted by Gasteiger charge is 2.14. The molecule has 0 bridgehead atoms. The topological polar surface area (TPSA) is 55.1 Å². The second-order valence-corrected chi connectivity index (χ2v) is 5.06. The number of benzene rings is 2. The molecule has 2 aromatic carbocycles. The Hall–Kier alpha value is -2.88.